The zero-order valence-electron chi connectivity index (χ0n) is 20.3. The van der Waals surface area contributed by atoms with E-state index in [1.165, 1.54) is 12.1 Å². The van der Waals surface area contributed by atoms with E-state index in [0.717, 1.165) is 34.4 Å². The monoisotopic (exact) mass is 535 g/mol. The Morgan fingerprint density at radius 1 is 0.675 bits per heavy atom. The molecule has 10 heteroatoms. The smallest absolute Gasteiger partial charge is 0.362 e. The molecule has 0 aliphatic carbocycles. The predicted octanol–water partition coefficient (Wildman–Crippen LogP) is 5.94. The van der Waals surface area contributed by atoms with Crippen LogP contribution in [0.15, 0.2) is 98.6 Å². The first-order chi connectivity index (χ1) is 19.3. The van der Waals surface area contributed by atoms with Crippen molar-refractivity contribution in [3.63, 3.8) is 0 Å². The molecular formula is C30H17NO9. The number of anilines is 1. The van der Waals surface area contributed by atoms with Crippen LogP contribution in [0.1, 0.15) is 31.1 Å². The molecule has 10 nitrogen and oxygen atoms in total. The molecule has 0 atom stereocenters. The number of nitrogens with one attached hydrogen (secondary N) is 1. The number of hydrogen-bond acceptors (Lipinski definition) is 8. The van der Waals surface area contributed by atoms with Crippen LogP contribution in [0, 0.1) is 0 Å². The molecule has 0 radical (unpaired) electrons. The van der Waals surface area contributed by atoms with Crippen molar-refractivity contribution in [2.45, 2.75) is 0 Å². The Labute approximate surface area is 223 Å². The van der Waals surface area contributed by atoms with E-state index in [1.807, 2.05) is 30.3 Å². The average Bonchev–Trinajstić information content (AvgIpc) is 3.38. The van der Waals surface area contributed by atoms with Crippen molar-refractivity contribution in [1.82, 2.24) is 0 Å². The van der Waals surface area contributed by atoms with Crippen molar-refractivity contribution in [3.8, 4) is 11.3 Å². The van der Waals surface area contributed by atoms with Crippen molar-refractivity contribution < 1.29 is 38.3 Å². The lowest BCUT2D eigenvalue weighted by Gasteiger charge is -2.09. The van der Waals surface area contributed by atoms with Crippen LogP contribution in [-0.2, 0) is 4.84 Å². The fraction of sp³-hybridized carbons (Fsp3) is 0. The molecule has 0 saturated carbocycles. The average molecular weight is 535 g/mol. The first-order valence-electron chi connectivity index (χ1n) is 11.9. The van der Waals surface area contributed by atoms with E-state index >= 15 is 0 Å². The van der Waals surface area contributed by atoms with Crippen LogP contribution in [0.2, 0.25) is 0 Å². The molecule has 0 bridgehead atoms. The summed E-state index contributed by atoms with van der Waals surface area (Å²) in [5.41, 5.74) is 2.15. The molecule has 3 N–H and O–H groups in total. The second kappa shape index (κ2) is 9.44. The second-order valence-electron chi connectivity index (χ2n) is 8.91. The molecule has 196 valence electrons. The van der Waals surface area contributed by atoms with Crippen LogP contribution in [0.25, 0.3) is 44.0 Å². The molecule has 0 unspecified atom stereocenters. The number of fused-ring (bicyclic) bond motifs is 4. The summed E-state index contributed by atoms with van der Waals surface area (Å²) in [4.78, 5) is 53.1. The lowest BCUT2D eigenvalue weighted by Crippen LogP contribution is -2.12. The van der Waals surface area contributed by atoms with E-state index in [2.05, 4.69) is 5.48 Å². The normalized spacial score (nSPS) is 11.1. The van der Waals surface area contributed by atoms with Gasteiger partial charge in [0.2, 0.25) is 0 Å². The van der Waals surface area contributed by atoms with Gasteiger partial charge in [-0.25, -0.2) is 24.7 Å². The van der Waals surface area contributed by atoms with Crippen LogP contribution >= 0.6 is 0 Å². The van der Waals surface area contributed by atoms with Gasteiger partial charge in [-0.3, -0.25) is 0 Å². The van der Waals surface area contributed by atoms with Crippen molar-refractivity contribution in [2.24, 2.45) is 0 Å². The molecule has 0 saturated heterocycles. The van der Waals surface area contributed by atoms with Crippen molar-refractivity contribution in [2.75, 3.05) is 5.48 Å². The number of carbonyl (C=O) groups is 3. The summed E-state index contributed by atoms with van der Waals surface area (Å²) in [6.45, 7) is 0. The van der Waals surface area contributed by atoms with Gasteiger partial charge in [0.1, 0.15) is 22.5 Å². The van der Waals surface area contributed by atoms with Gasteiger partial charge in [0, 0.05) is 10.8 Å². The molecule has 0 aliphatic rings. The van der Waals surface area contributed by atoms with Gasteiger partial charge in [0.25, 0.3) is 0 Å². The van der Waals surface area contributed by atoms with E-state index in [1.54, 1.807) is 24.3 Å². The van der Waals surface area contributed by atoms with Crippen LogP contribution < -0.4 is 11.1 Å². The lowest BCUT2D eigenvalue weighted by atomic mass is 10.0. The third-order valence-corrected chi connectivity index (χ3v) is 6.35. The summed E-state index contributed by atoms with van der Waals surface area (Å²) in [6, 6.07) is 22.5. The van der Waals surface area contributed by atoms with Gasteiger partial charge >= 0.3 is 23.5 Å². The SMILES string of the molecule is O=C(O)c1cc(NOC(=O)c2ccc3cc(-c4cc5c(ccc6ccccc65)oc4=O)oc3c2)cc(C(=O)O)c1. The number of carbonyl (C=O) groups excluding carboxylic acids is 1. The highest BCUT2D eigenvalue weighted by Crippen LogP contribution is 2.31. The van der Waals surface area contributed by atoms with E-state index in [0.29, 0.717) is 16.6 Å². The zero-order chi connectivity index (χ0) is 28.0. The highest BCUT2D eigenvalue weighted by atomic mass is 16.7. The van der Waals surface area contributed by atoms with Gasteiger partial charge in [-0.1, -0.05) is 36.4 Å². The van der Waals surface area contributed by atoms with E-state index in [4.69, 9.17) is 13.7 Å². The molecule has 6 aromatic rings. The first-order valence-corrected chi connectivity index (χ1v) is 11.9. The maximum absolute atomic E-state index is 12.8. The number of rotatable bonds is 6. The van der Waals surface area contributed by atoms with Gasteiger partial charge in [0.15, 0.2) is 0 Å². The fourth-order valence-electron chi connectivity index (χ4n) is 4.43. The second-order valence-corrected chi connectivity index (χ2v) is 8.91. The van der Waals surface area contributed by atoms with Gasteiger partial charge in [0.05, 0.1) is 22.4 Å². The Morgan fingerprint density at radius 3 is 2.15 bits per heavy atom. The third kappa shape index (κ3) is 4.39. The third-order valence-electron chi connectivity index (χ3n) is 6.35. The summed E-state index contributed by atoms with van der Waals surface area (Å²) in [5.74, 6) is -3.27. The molecule has 0 aliphatic heterocycles. The minimum atomic E-state index is -1.34. The maximum Gasteiger partial charge on any atom is 0.362 e. The molecule has 0 amide bonds. The van der Waals surface area contributed by atoms with Crippen LogP contribution in [0.5, 0.6) is 0 Å². The molecule has 4 aromatic carbocycles. The summed E-state index contributed by atoms with van der Waals surface area (Å²) >= 11 is 0. The topological polar surface area (TPSA) is 156 Å². The Bertz CT molecular complexity index is 2040. The number of carboxylic acid groups (broad SMARTS) is 2. The molecule has 2 aromatic heterocycles. The van der Waals surface area contributed by atoms with Gasteiger partial charge < -0.3 is 23.9 Å². The zero-order valence-corrected chi connectivity index (χ0v) is 20.3. The van der Waals surface area contributed by atoms with Crippen LogP contribution in [0.3, 0.4) is 0 Å². The minimum Gasteiger partial charge on any atom is -0.478 e. The van der Waals surface area contributed by atoms with Crippen LogP contribution in [-0.4, -0.2) is 28.1 Å². The van der Waals surface area contributed by atoms with E-state index < -0.39 is 23.5 Å². The Morgan fingerprint density at radius 2 is 1.40 bits per heavy atom. The summed E-state index contributed by atoms with van der Waals surface area (Å²) in [5, 5.41) is 21.7. The number of carboxylic acids is 2. The van der Waals surface area contributed by atoms with Crippen molar-refractivity contribution >= 4 is 56.3 Å². The van der Waals surface area contributed by atoms with Gasteiger partial charge in [-0.05, 0) is 59.3 Å². The highest BCUT2D eigenvalue weighted by Gasteiger charge is 2.17. The number of aromatic carboxylic acids is 2. The molecule has 0 fully saturated rings. The molecular weight excluding hydrogens is 518 g/mol. The molecule has 40 heavy (non-hydrogen) atoms. The van der Waals surface area contributed by atoms with Crippen LogP contribution in [0.4, 0.5) is 5.69 Å². The largest absolute Gasteiger partial charge is 0.478 e. The minimum absolute atomic E-state index is 0.0393. The van der Waals surface area contributed by atoms with Gasteiger partial charge in [-0.15, -0.1) is 0 Å². The first kappa shape index (κ1) is 24.4. The predicted molar refractivity (Wildman–Crippen MR) is 145 cm³/mol. The quantitative estimate of drug-likeness (QED) is 0.132. The lowest BCUT2D eigenvalue weighted by molar-refractivity contribution is 0.0596. The van der Waals surface area contributed by atoms with E-state index in [-0.39, 0.29) is 33.7 Å². The summed E-state index contributed by atoms with van der Waals surface area (Å²) in [6.07, 6.45) is 0. The molecule has 2 heterocycles. The Hall–Kier alpha value is -5.90. The summed E-state index contributed by atoms with van der Waals surface area (Å²) in [7, 11) is 0. The number of benzene rings is 4. The van der Waals surface area contributed by atoms with E-state index in [9.17, 15) is 29.4 Å². The Balaban J connectivity index is 1.29. The van der Waals surface area contributed by atoms with Crippen molar-refractivity contribution in [1.29, 1.82) is 0 Å². The number of hydrogen-bond donors (Lipinski definition) is 3. The number of furan rings is 1. The fourth-order valence-corrected chi connectivity index (χ4v) is 4.43. The van der Waals surface area contributed by atoms with Crippen molar-refractivity contribution in [3.05, 3.63) is 112 Å². The Kier molecular flexibility index (Phi) is 5.77. The molecule has 6 rings (SSSR count). The highest BCUT2D eigenvalue weighted by molar-refractivity contribution is 6.06. The van der Waals surface area contributed by atoms with Gasteiger partial charge in [-0.2, -0.15) is 0 Å². The standard InChI is InChI=1S/C30H17NO9/c32-27(33)18-9-19(28(34)35)11-20(10-18)31-40-29(36)17-6-5-16-12-26(38-25(16)13-17)23-14-22-21-4-2-1-3-15(21)7-8-24(22)39-30(23)37/h1-14,31H,(H,32,33)(H,34,35). The molecule has 0 spiro atoms. The summed E-state index contributed by atoms with van der Waals surface area (Å²) < 4.78 is 11.5. The maximum atomic E-state index is 12.8.